The molecule has 4 rings (SSSR count). The van der Waals surface area contributed by atoms with Gasteiger partial charge >= 0.3 is 0 Å². The van der Waals surface area contributed by atoms with Crippen molar-refractivity contribution in [1.29, 1.82) is 0 Å². The van der Waals surface area contributed by atoms with E-state index in [9.17, 15) is 9.59 Å². The minimum atomic E-state index is -0.253. The van der Waals surface area contributed by atoms with Crippen molar-refractivity contribution >= 4 is 35.0 Å². The monoisotopic (exact) mass is 446 g/mol. The fourth-order valence-electron chi connectivity index (χ4n) is 3.19. The van der Waals surface area contributed by atoms with Gasteiger partial charge in [-0.3, -0.25) is 9.59 Å². The van der Waals surface area contributed by atoms with Gasteiger partial charge in [0, 0.05) is 17.9 Å². The summed E-state index contributed by atoms with van der Waals surface area (Å²) in [7, 11) is 0. The van der Waals surface area contributed by atoms with Gasteiger partial charge in [0.15, 0.2) is 0 Å². The second-order valence-corrected chi connectivity index (χ2v) is 8.14. The van der Waals surface area contributed by atoms with Crippen LogP contribution in [0.15, 0.2) is 65.8 Å². The molecule has 162 valence electrons. The Morgan fingerprint density at radius 1 is 1.00 bits per heavy atom. The van der Waals surface area contributed by atoms with E-state index in [0.29, 0.717) is 28.7 Å². The summed E-state index contributed by atoms with van der Waals surface area (Å²) in [6, 6.07) is 18.5. The molecule has 0 bridgehead atoms. The van der Waals surface area contributed by atoms with Crippen LogP contribution in [0.2, 0.25) is 0 Å². The first kappa shape index (κ1) is 21.5. The third-order valence-corrected chi connectivity index (χ3v) is 5.51. The topological polar surface area (TPSA) is 101 Å². The number of nitrogens with one attached hydrogen (secondary N) is 2. The van der Waals surface area contributed by atoms with E-state index in [2.05, 4.69) is 25.7 Å². The summed E-state index contributed by atoms with van der Waals surface area (Å²) >= 11 is 1.21. The Labute approximate surface area is 189 Å². The van der Waals surface area contributed by atoms with Crippen LogP contribution in [0, 0.1) is 13.8 Å². The van der Waals surface area contributed by atoms with Crippen LogP contribution in [0.4, 0.5) is 5.69 Å². The number of carbonyl (C=O) groups is 2. The number of aromatic nitrogens is 4. The van der Waals surface area contributed by atoms with Crippen LogP contribution < -0.4 is 10.6 Å². The highest BCUT2D eigenvalue weighted by atomic mass is 32.2. The molecule has 0 aliphatic heterocycles. The lowest BCUT2D eigenvalue weighted by Gasteiger charge is -2.11. The molecule has 8 nitrogen and oxygen atoms in total. The SMILES string of the molecule is Cc1cc(C)n2nc(SCC(=O)Nc3ccccc3C(=O)NCc3ccccc3)nc2n1. The number of thioether (sulfide) groups is 1. The summed E-state index contributed by atoms with van der Waals surface area (Å²) in [4.78, 5) is 33.9. The Hall–Kier alpha value is -3.72. The van der Waals surface area contributed by atoms with Gasteiger partial charge in [-0.05, 0) is 37.6 Å². The van der Waals surface area contributed by atoms with Crippen molar-refractivity contribution in [2.24, 2.45) is 0 Å². The normalized spacial score (nSPS) is 10.8. The molecule has 2 N–H and O–H groups in total. The molecule has 9 heteroatoms. The molecular weight excluding hydrogens is 424 g/mol. The zero-order chi connectivity index (χ0) is 22.5. The maximum absolute atomic E-state index is 12.7. The number of aryl methyl sites for hydroxylation is 2. The average molecular weight is 447 g/mol. The molecule has 0 fully saturated rings. The number of amides is 2. The van der Waals surface area contributed by atoms with Gasteiger partial charge in [-0.2, -0.15) is 4.98 Å². The summed E-state index contributed by atoms with van der Waals surface area (Å²) in [5, 5.41) is 10.6. The first-order valence-corrected chi connectivity index (χ1v) is 11.0. The molecule has 2 aromatic carbocycles. The van der Waals surface area contributed by atoms with Crippen LogP contribution >= 0.6 is 11.8 Å². The zero-order valence-electron chi connectivity index (χ0n) is 17.7. The fourth-order valence-corrected chi connectivity index (χ4v) is 3.81. The number of hydrogen-bond acceptors (Lipinski definition) is 6. The van der Waals surface area contributed by atoms with Crippen molar-refractivity contribution in [1.82, 2.24) is 24.9 Å². The largest absolute Gasteiger partial charge is 0.348 e. The molecule has 32 heavy (non-hydrogen) atoms. The van der Waals surface area contributed by atoms with E-state index in [4.69, 9.17) is 0 Å². The molecule has 0 saturated carbocycles. The van der Waals surface area contributed by atoms with Gasteiger partial charge in [0.1, 0.15) is 0 Å². The molecule has 2 heterocycles. The standard InChI is InChI=1S/C23H22N6O2S/c1-15-12-16(2)29-22(25-15)27-23(28-29)32-14-20(30)26-19-11-7-6-10-18(19)21(31)24-13-17-8-4-3-5-9-17/h3-12H,13-14H2,1-2H3,(H,24,31)(H,26,30). The van der Waals surface area contributed by atoms with Gasteiger partial charge in [-0.15, -0.1) is 5.10 Å². The van der Waals surface area contributed by atoms with E-state index in [1.54, 1.807) is 28.8 Å². The molecule has 0 unspecified atom stereocenters. The average Bonchev–Trinajstić information content (AvgIpc) is 3.20. The minimum Gasteiger partial charge on any atom is -0.348 e. The number of benzene rings is 2. The number of fused-ring (bicyclic) bond motifs is 1. The van der Waals surface area contributed by atoms with Crippen molar-refractivity contribution in [3.8, 4) is 0 Å². The summed E-state index contributed by atoms with van der Waals surface area (Å²) in [5.74, 6) is 0.106. The Morgan fingerprint density at radius 3 is 2.56 bits per heavy atom. The summed E-state index contributed by atoms with van der Waals surface area (Å²) in [6.45, 7) is 4.23. The highest BCUT2D eigenvalue weighted by Crippen LogP contribution is 2.18. The molecular formula is C23H22N6O2S. The second kappa shape index (κ2) is 9.61. The van der Waals surface area contributed by atoms with E-state index in [-0.39, 0.29) is 17.6 Å². The number of para-hydroxylation sites is 1. The van der Waals surface area contributed by atoms with Crippen molar-refractivity contribution in [3.05, 3.63) is 83.2 Å². The van der Waals surface area contributed by atoms with Crippen molar-refractivity contribution in [2.45, 2.75) is 25.5 Å². The van der Waals surface area contributed by atoms with Crippen molar-refractivity contribution < 1.29 is 9.59 Å². The molecule has 2 aromatic heterocycles. The second-order valence-electron chi connectivity index (χ2n) is 7.20. The highest BCUT2D eigenvalue weighted by Gasteiger charge is 2.15. The fraction of sp³-hybridized carbons (Fsp3) is 0.174. The Kier molecular flexibility index (Phi) is 6.46. The molecule has 0 aliphatic carbocycles. The van der Waals surface area contributed by atoms with Crippen molar-refractivity contribution in [3.63, 3.8) is 0 Å². The number of carbonyl (C=O) groups excluding carboxylic acids is 2. The molecule has 0 aliphatic rings. The smallest absolute Gasteiger partial charge is 0.253 e. The van der Waals surface area contributed by atoms with Crippen LogP contribution in [0.3, 0.4) is 0 Å². The summed E-state index contributed by atoms with van der Waals surface area (Å²) in [5.41, 5.74) is 3.65. The lowest BCUT2D eigenvalue weighted by molar-refractivity contribution is -0.113. The number of hydrogen-bond donors (Lipinski definition) is 2. The van der Waals surface area contributed by atoms with Gasteiger partial charge in [0.2, 0.25) is 11.1 Å². The van der Waals surface area contributed by atoms with Gasteiger partial charge < -0.3 is 10.6 Å². The van der Waals surface area contributed by atoms with Crippen LogP contribution in [0.5, 0.6) is 0 Å². The summed E-state index contributed by atoms with van der Waals surface area (Å²) < 4.78 is 1.65. The van der Waals surface area contributed by atoms with Crippen LogP contribution in [-0.2, 0) is 11.3 Å². The Morgan fingerprint density at radius 2 is 1.75 bits per heavy atom. The van der Waals surface area contributed by atoms with E-state index in [1.807, 2.05) is 50.2 Å². The van der Waals surface area contributed by atoms with Crippen molar-refractivity contribution in [2.75, 3.05) is 11.1 Å². The predicted molar refractivity (Wildman–Crippen MR) is 124 cm³/mol. The maximum atomic E-state index is 12.7. The minimum absolute atomic E-state index is 0.106. The molecule has 2 amide bonds. The first-order chi connectivity index (χ1) is 15.5. The van der Waals surface area contributed by atoms with E-state index in [0.717, 1.165) is 17.0 Å². The summed E-state index contributed by atoms with van der Waals surface area (Å²) in [6.07, 6.45) is 0. The first-order valence-electron chi connectivity index (χ1n) is 10.0. The highest BCUT2D eigenvalue weighted by molar-refractivity contribution is 7.99. The van der Waals surface area contributed by atoms with Gasteiger partial charge in [-0.25, -0.2) is 9.50 Å². The van der Waals surface area contributed by atoms with Crippen LogP contribution in [-0.4, -0.2) is 37.1 Å². The molecule has 4 aromatic rings. The van der Waals surface area contributed by atoms with E-state index >= 15 is 0 Å². The Balaban J connectivity index is 1.38. The van der Waals surface area contributed by atoms with Crippen LogP contribution in [0.1, 0.15) is 27.3 Å². The molecule has 0 atom stereocenters. The number of anilines is 1. The number of nitrogens with zero attached hydrogens (tertiary/aromatic N) is 4. The maximum Gasteiger partial charge on any atom is 0.253 e. The third-order valence-electron chi connectivity index (χ3n) is 4.67. The lowest BCUT2D eigenvalue weighted by atomic mass is 10.1. The number of rotatable bonds is 7. The molecule has 0 spiro atoms. The van der Waals surface area contributed by atoms with Gasteiger partial charge in [0.05, 0.1) is 17.0 Å². The van der Waals surface area contributed by atoms with Crippen LogP contribution in [0.25, 0.3) is 5.78 Å². The molecule has 0 radical (unpaired) electrons. The zero-order valence-corrected chi connectivity index (χ0v) is 18.5. The predicted octanol–water partition coefficient (Wildman–Crippen LogP) is 3.40. The van der Waals surface area contributed by atoms with Gasteiger partial charge in [-0.1, -0.05) is 54.2 Å². The van der Waals surface area contributed by atoms with E-state index < -0.39 is 0 Å². The van der Waals surface area contributed by atoms with Gasteiger partial charge in [0.25, 0.3) is 11.7 Å². The third kappa shape index (κ3) is 5.12. The lowest BCUT2D eigenvalue weighted by Crippen LogP contribution is -2.25. The quantitative estimate of drug-likeness (QED) is 0.422. The van der Waals surface area contributed by atoms with E-state index in [1.165, 1.54) is 11.8 Å². The Bertz CT molecular complexity index is 1270. The molecule has 0 saturated heterocycles.